The Morgan fingerprint density at radius 1 is 1.40 bits per heavy atom. The van der Waals surface area contributed by atoms with Gasteiger partial charge >= 0.3 is 0 Å². The molecule has 0 radical (unpaired) electrons. The number of amides is 1. The van der Waals surface area contributed by atoms with Crippen LogP contribution in [0.4, 0.5) is 0 Å². The second-order valence-corrected chi connectivity index (χ2v) is 5.83. The molecule has 0 saturated heterocycles. The Hall–Kier alpha value is -0.570. The molecule has 3 N–H and O–H groups in total. The molecule has 0 aromatic carbocycles. The quantitative estimate of drug-likeness (QED) is 0.747. The highest BCUT2D eigenvalue weighted by atomic mass is 16.2. The average molecular weight is 212 g/mol. The van der Waals surface area contributed by atoms with E-state index in [-0.39, 0.29) is 17.4 Å². The second-order valence-electron chi connectivity index (χ2n) is 5.83. The minimum atomic E-state index is -0.417. The Morgan fingerprint density at radius 2 is 1.93 bits per heavy atom. The van der Waals surface area contributed by atoms with Crippen molar-refractivity contribution in [1.82, 2.24) is 5.32 Å². The van der Waals surface area contributed by atoms with Crippen LogP contribution in [0.2, 0.25) is 0 Å². The summed E-state index contributed by atoms with van der Waals surface area (Å²) in [5, 5.41) is 3.02. The molecule has 0 bridgehead atoms. The van der Waals surface area contributed by atoms with E-state index in [1.807, 2.05) is 20.8 Å². The maximum Gasteiger partial charge on any atom is 0.237 e. The number of hydrogen-bond acceptors (Lipinski definition) is 2. The van der Waals surface area contributed by atoms with Crippen LogP contribution in [0.1, 0.15) is 47.0 Å². The molecule has 1 aliphatic rings. The summed E-state index contributed by atoms with van der Waals surface area (Å²) in [5.74, 6) is 0.656. The van der Waals surface area contributed by atoms with Crippen LogP contribution in [-0.4, -0.2) is 18.0 Å². The van der Waals surface area contributed by atoms with Gasteiger partial charge in [-0.2, -0.15) is 0 Å². The lowest BCUT2D eigenvalue weighted by Crippen LogP contribution is -2.52. The number of nitrogens with two attached hydrogens (primary N) is 1. The molecule has 1 rings (SSSR count). The summed E-state index contributed by atoms with van der Waals surface area (Å²) >= 11 is 0. The van der Waals surface area contributed by atoms with Gasteiger partial charge in [0.05, 0.1) is 6.04 Å². The van der Waals surface area contributed by atoms with Crippen LogP contribution in [0.25, 0.3) is 0 Å². The molecule has 3 heteroatoms. The van der Waals surface area contributed by atoms with E-state index in [2.05, 4.69) is 12.2 Å². The monoisotopic (exact) mass is 212 g/mol. The van der Waals surface area contributed by atoms with Gasteiger partial charge < -0.3 is 11.1 Å². The van der Waals surface area contributed by atoms with Gasteiger partial charge in [0, 0.05) is 6.04 Å². The Balaban J connectivity index is 2.40. The first kappa shape index (κ1) is 12.5. The van der Waals surface area contributed by atoms with Crippen LogP contribution in [-0.2, 0) is 4.79 Å². The van der Waals surface area contributed by atoms with Gasteiger partial charge in [-0.05, 0) is 31.1 Å². The van der Waals surface area contributed by atoms with Crippen molar-refractivity contribution in [1.29, 1.82) is 0 Å². The largest absolute Gasteiger partial charge is 0.352 e. The molecule has 2 atom stereocenters. The normalized spacial score (nSPS) is 21.7. The summed E-state index contributed by atoms with van der Waals surface area (Å²) in [4.78, 5) is 11.8. The van der Waals surface area contributed by atoms with E-state index in [4.69, 9.17) is 5.73 Å². The SMILES string of the molecule is CC(NC(=O)[C@@H](N)C(C)(C)C)C1CCC1. The molecular weight excluding hydrogens is 188 g/mol. The van der Waals surface area contributed by atoms with Gasteiger partial charge in [0.2, 0.25) is 5.91 Å². The van der Waals surface area contributed by atoms with Crippen LogP contribution in [0.5, 0.6) is 0 Å². The van der Waals surface area contributed by atoms with E-state index in [1.54, 1.807) is 0 Å². The van der Waals surface area contributed by atoms with Gasteiger partial charge in [-0.15, -0.1) is 0 Å². The molecule has 1 unspecified atom stereocenters. The van der Waals surface area contributed by atoms with Gasteiger partial charge in [0.25, 0.3) is 0 Å². The zero-order valence-electron chi connectivity index (χ0n) is 10.3. The van der Waals surface area contributed by atoms with Crippen molar-refractivity contribution in [2.45, 2.75) is 59.0 Å². The highest BCUT2D eigenvalue weighted by molar-refractivity contribution is 5.82. The van der Waals surface area contributed by atoms with Crippen molar-refractivity contribution in [3.05, 3.63) is 0 Å². The summed E-state index contributed by atoms with van der Waals surface area (Å²) < 4.78 is 0. The van der Waals surface area contributed by atoms with Gasteiger partial charge in [0.1, 0.15) is 0 Å². The third kappa shape index (κ3) is 3.20. The summed E-state index contributed by atoms with van der Waals surface area (Å²) in [6.45, 7) is 8.05. The molecule has 0 spiro atoms. The lowest BCUT2D eigenvalue weighted by molar-refractivity contribution is -0.125. The molecule has 88 valence electrons. The zero-order chi connectivity index (χ0) is 11.6. The third-order valence-corrected chi connectivity index (χ3v) is 3.44. The van der Waals surface area contributed by atoms with E-state index in [1.165, 1.54) is 19.3 Å². The summed E-state index contributed by atoms with van der Waals surface area (Å²) in [6, 6.07) is -0.139. The van der Waals surface area contributed by atoms with Gasteiger partial charge in [-0.1, -0.05) is 27.2 Å². The van der Waals surface area contributed by atoms with Crippen molar-refractivity contribution >= 4 is 5.91 Å². The fourth-order valence-electron chi connectivity index (χ4n) is 1.77. The van der Waals surface area contributed by atoms with Crippen LogP contribution in [0, 0.1) is 11.3 Å². The first-order valence-corrected chi connectivity index (χ1v) is 5.88. The molecule has 0 heterocycles. The highest BCUT2D eigenvalue weighted by Crippen LogP contribution is 2.29. The minimum absolute atomic E-state index is 0.0121. The smallest absolute Gasteiger partial charge is 0.237 e. The summed E-state index contributed by atoms with van der Waals surface area (Å²) in [5.41, 5.74) is 5.73. The minimum Gasteiger partial charge on any atom is -0.352 e. The van der Waals surface area contributed by atoms with Crippen LogP contribution >= 0.6 is 0 Å². The topological polar surface area (TPSA) is 55.1 Å². The zero-order valence-corrected chi connectivity index (χ0v) is 10.3. The molecular formula is C12H24N2O. The maximum atomic E-state index is 11.8. The summed E-state index contributed by atoms with van der Waals surface area (Å²) in [6.07, 6.45) is 3.79. The Kier molecular flexibility index (Phi) is 3.77. The molecule has 1 fully saturated rings. The van der Waals surface area contributed by atoms with E-state index in [0.29, 0.717) is 5.92 Å². The molecule has 0 aromatic rings. The Labute approximate surface area is 92.8 Å². The third-order valence-electron chi connectivity index (χ3n) is 3.44. The molecule has 1 aliphatic carbocycles. The number of hydrogen-bond donors (Lipinski definition) is 2. The number of rotatable bonds is 3. The highest BCUT2D eigenvalue weighted by Gasteiger charge is 2.31. The predicted octanol–water partition coefficient (Wildman–Crippen LogP) is 1.66. The molecule has 0 aliphatic heterocycles. The van der Waals surface area contributed by atoms with Gasteiger partial charge in [-0.3, -0.25) is 4.79 Å². The van der Waals surface area contributed by atoms with Crippen molar-refractivity contribution < 1.29 is 4.79 Å². The number of carbonyl (C=O) groups excluding carboxylic acids is 1. The molecule has 0 aromatic heterocycles. The van der Waals surface area contributed by atoms with Crippen molar-refractivity contribution in [2.75, 3.05) is 0 Å². The van der Waals surface area contributed by atoms with E-state index >= 15 is 0 Å². The van der Waals surface area contributed by atoms with Gasteiger partial charge in [0.15, 0.2) is 0 Å². The molecule has 3 nitrogen and oxygen atoms in total. The molecule has 1 amide bonds. The number of nitrogens with one attached hydrogen (secondary N) is 1. The summed E-state index contributed by atoms with van der Waals surface area (Å²) in [7, 11) is 0. The molecule has 1 saturated carbocycles. The fraction of sp³-hybridized carbons (Fsp3) is 0.917. The number of carbonyl (C=O) groups is 1. The maximum absolute atomic E-state index is 11.8. The van der Waals surface area contributed by atoms with E-state index < -0.39 is 6.04 Å². The average Bonchev–Trinajstić information content (AvgIpc) is 1.97. The standard InChI is InChI=1S/C12H24N2O/c1-8(9-6-5-7-9)14-11(15)10(13)12(2,3)4/h8-10H,5-7,13H2,1-4H3,(H,14,15)/t8?,10-/m1/s1. The van der Waals surface area contributed by atoms with Crippen molar-refractivity contribution in [2.24, 2.45) is 17.1 Å². The van der Waals surface area contributed by atoms with E-state index in [9.17, 15) is 4.79 Å². The first-order chi connectivity index (χ1) is 6.82. The molecule has 15 heavy (non-hydrogen) atoms. The van der Waals surface area contributed by atoms with Crippen molar-refractivity contribution in [3.63, 3.8) is 0 Å². The van der Waals surface area contributed by atoms with Crippen LogP contribution < -0.4 is 11.1 Å². The first-order valence-electron chi connectivity index (χ1n) is 5.88. The lowest BCUT2D eigenvalue weighted by Gasteiger charge is -2.34. The fourth-order valence-corrected chi connectivity index (χ4v) is 1.77. The van der Waals surface area contributed by atoms with Crippen molar-refractivity contribution in [3.8, 4) is 0 Å². The van der Waals surface area contributed by atoms with Crippen LogP contribution in [0.3, 0.4) is 0 Å². The lowest BCUT2D eigenvalue weighted by atomic mass is 9.80. The van der Waals surface area contributed by atoms with Gasteiger partial charge in [-0.25, -0.2) is 0 Å². The Morgan fingerprint density at radius 3 is 2.27 bits per heavy atom. The van der Waals surface area contributed by atoms with Crippen LogP contribution in [0.15, 0.2) is 0 Å². The second kappa shape index (κ2) is 4.52. The Bertz CT molecular complexity index is 228. The predicted molar refractivity (Wildman–Crippen MR) is 62.4 cm³/mol. The van der Waals surface area contributed by atoms with E-state index in [0.717, 1.165) is 0 Å².